The predicted octanol–water partition coefficient (Wildman–Crippen LogP) is 3.14. The lowest BCUT2D eigenvalue weighted by Crippen LogP contribution is -2.43. The summed E-state index contributed by atoms with van der Waals surface area (Å²) in [6, 6.07) is 6.51. The minimum Gasteiger partial charge on any atom is -0.355 e. The molecular formula is C20H21F4N3O3S. The van der Waals surface area contributed by atoms with E-state index in [0.717, 1.165) is 36.5 Å². The van der Waals surface area contributed by atoms with E-state index in [1.54, 1.807) is 4.90 Å². The molecular weight excluding hydrogens is 438 g/mol. The first-order valence-corrected chi connectivity index (χ1v) is 11.1. The molecule has 0 bridgehead atoms. The number of amides is 1. The van der Waals surface area contributed by atoms with Gasteiger partial charge in [-0.15, -0.1) is 0 Å². The van der Waals surface area contributed by atoms with Crippen molar-refractivity contribution in [1.29, 1.82) is 0 Å². The zero-order valence-electron chi connectivity index (χ0n) is 16.6. The molecule has 1 aromatic heterocycles. The van der Waals surface area contributed by atoms with Gasteiger partial charge in [-0.25, -0.2) is 17.8 Å². The van der Waals surface area contributed by atoms with Crippen molar-refractivity contribution >= 4 is 21.6 Å². The number of alkyl halides is 3. The molecule has 3 rings (SSSR count). The van der Waals surface area contributed by atoms with Crippen LogP contribution in [0, 0.1) is 5.82 Å². The standard InChI is InChI=1S/C20H21F4N3O3S/c1-14(31(29,30)17-6-4-16(21)5-7-17)19(28)27-10-2-9-26(11-12-27)18-8-3-15(13-25-18)20(22,23)24/h3-8,13-14H,2,9-12H2,1H3. The van der Waals surface area contributed by atoms with Crippen molar-refractivity contribution in [3.05, 3.63) is 54.0 Å². The summed E-state index contributed by atoms with van der Waals surface area (Å²) in [5, 5.41) is -1.35. The monoisotopic (exact) mass is 459 g/mol. The minimum absolute atomic E-state index is 0.139. The number of anilines is 1. The van der Waals surface area contributed by atoms with Gasteiger partial charge in [0.05, 0.1) is 10.5 Å². The lowest BCUT2D eigenvalue weighted by atomic mass is 10.2. The lowest BCUT2D eigenvalue weighted by molar-refractivity contribution is -0.137. The van der Waals surface area contributed by atoms with Gasteiger partial charge in [0.2, 0.25) is 5.91 Å². The van der Waals surface area contributed by atoms with Crippen LogP contribution in [-0.4, -0.2) is 55.6 Å². The van der Waals surface area contributed by atoms with Crippen molar-refractivity contribution in [3.8, 4) is 0 Å². The molecule has 0 N–H and O–H groups in total. The van der Waals surface area contributed by atoms with Gasteiger partial charge in [-0.05, 0) is 49.7 Å². The number of carbonyl (C=O) groups excluding carboxylic acids is 1. The highest BCUT2D eigenvalue weighted by molar-refractivity contribution is 7.92. The molecule has 1 fully saturated rings. The van der Waals surface area contributed by atoms with Gasteiger partial charge < -0.3 is 9.80 Å². The van der Waals surface area contributed by atoms with Crippen molar-refractivity contribution in [3.63, 3.8) is 0 Å². The molecule has 11 heteroatoms. The number of benzene rings is 1. The Kier molecular flexibility index (Phi) is 6.54. The molecule has 1 unspecified atom stereocenters. The zero-order valence-corrected chi connectivity index (χ0v) is 17.5. The van der Waals surface area contributed by atoms with Gasteiger partial charge in [-0.2, -0.15) is 13.2 Å². The number of hydrogen-bond acceptors (Lipinski definition) is 5. The number of sulfone groups is 1. The van der Waals surface area contributed by atoms with E-state index in [0.29, 0.717) is 31.9 Å². The fraction of sp³-hybridized carbons (Fsp3) is 0.400. The van der Waals surface area contributed by atoms with Gasteiger partial charge in [0.15, 0.2) is 9.84 Å². The summed E-state index contributed by atoms with van der Waals surface area (Å²) in [5.41, 5.74) is -0.845. The molecule has 0 saturated carbocycles. The maximum atomic E-state index is 13.1. The highest BCUT2D eigenvalue weighted by Gasteiger charge is 2.34. The summed E-state index contributed by atoms with van der Waals surface area (Å²) >= 11 is 0. The summed E-state index contributed by atoms with van der Waals surface area (Å²) in [5.74, 6) is -0.803. The third-order valence-corrected chi connectivity index (χ3v) is 7.22. The number of aromatic nitrogens is 1. The fourth-order valence-corrected chi connectivity index (χ4v) is 4.66. The Labute approximate surface area is 177 Å². The first-order chi connectivity index (χ1) is 14.5. The van der Waals surface area contributed by atoms with E-state index in [2.05, 4.69) is 4.98 Å². The van der Waals surface area contributed by atoms with Crippen LogP contribution in [-0.2, 0) is 20.8 Å². The molecule has 1 aliphatic rings. The summed E-state index contributed by atoms with van der Waals surface area (Å²) in [7, 11) is -3.99. The molecule has 1 aromatic carbocycles. The largest absolute Gasteiger partial charge is 0.417 e. The van der Waals surface area contributed by atoms with Crippen LogP contribution in [0.5, 0.6) is 0 Å². The van der Waals surface area contributed by atoms with Crippen molar-refractivity contribution < 1.29 is 30.8 Å². The second-order valence-electron chi connectivity index (χ2n) is 7.21. The number of nitrogens with zero attached hydrogens (tertiary/aromatic N) is 3. The van der Waals surface area contributed by atoms with Crippen LogP contribution in [0.15, 0.2) is 47.5 Å². The van der Waals surface area contributed by atoms with Gasteiger partial charge in [-0.3, -0.25) is 4.79 Å². The molecule has 1 aliphatic heterocycles. The highest BCUT2D eigenvalue weighted by Crippen LogP contribution is 2.29. The van der Waals surface area contributed by atoms with Crippen LogP contribution in [0.3, 0.4) is 0 Å². The maximum Gasteiger partial charge on any atom is 0.417 e. The van der Waals surface area contributed by atoms with Gasteiger partial charge in [0, 0.05) is 32.4 Å². The molecule has 0 aliphatic carbocycles. The normalized spacial score (nSPS) is 16.7. The Balaban J connectivity index is 1.68. The van der Waals surface area contributed by atoms with E-state index in [1.165, 1.54) is 17.9 Å². The topological polar surface area (TPSA) is 70.6 Å². The smallest absolute Gasteiger partial charge is 0.355 e. The molecule has 2 heterocycles. The van der Waals surface area contributed by atoms with Crippen molar-refractivity contribution in [1.82, 2.24) is 9.88 Å². The Morgan fingerprint density at radius 1 is 1.03 bits per heavy atom. The maximum absolute atomic E-state index is 13.1. The highest BCUT2D eigenvalue weighted by atomic mass is 32.2. The van der Waals surface area contributed by atoms with Crippen LogP contribution < -0.4 is 4.90 Å². The summed E-state index contributed by atoms with van der Waals surface area (Å²) in [6.45, 7) is 2.56. The molecule has 1 atom stereocenters. The van der Waals surface area contributed by atoms with E-state index in [9.17, 15) is 30.8 Å². The number of hydrogen-bond donors (Lipinski definition) is 0. The van der Waals surface area contributed by atoms with Gasteiger partial charge in [0.1, 0.15) is 16.9 Å². The molecule has 0 spiro atoms. The number of carbonyl (C=O) groups is 1. The number of halogens is 4. The fourth-order valence-electron chi connectivity index (χ4n) is 3.33. The first-order valence-electron chi connectivity index (χ1n) is 9.56. The molecule has 6 nitrogen and oxygen atoms in total. The number of rotatable bonds is 4. The van der Waals surface area contributed by atoms with Crippen molar-refractivity contribution in [2.75, 3.05) is 31.1 Å². The van der Waals surface area contributed by atoms with Gasteiger partial charge in [0.25, 0.3) is 0 Å². The first kappa shape index (κ1) is 23.0. The van der Waals surface area contributed by atoms with Crippen LogP contribution in [0.2, 0.25) is 0 Å². The molecule has 1 amide bonds. The Bertz CT molecular complexity index is 1030. The Morgan fingerprint density at radius 2 is 1.71 bits per heavy atom. The van der Waals surface area contributed by atoms with Crippen molar-refractivity contribution in [2.45, 2.75) is 29.7 Å². The predicted molar refractivity (Wildman–Crippen MR) is 106 cm³/mol. The third kappa shape index (κ3) is 5.15. The van der Waals surface area contributed by atoms with Crippen molar-refractivity contribution in [2.24, 2.45) is 0 Å². The molecule has 168 valence electrons. The third-order valence-electron chi connectivity index (χ3n) is 5.16. The molecule has 31 heavy (non-hydrogen) atoms. The van der Waals surface area contributed by atoms with Crippen LogP contribution in [0.4, 0.5) is 23.4 Å². The average molecular weight is 459 g/mol. The molecule has 1 saturated heterocycles. The summed E-state index contributed by atoms with van der Waals surface area (Å²) in [4.78, 5) is 19.8. The SMILES string of the molecule is CC(C(=O)N1CCCN(c2ccc(C(F)(F)F)cn2)CC1)S(=O)(=O)c1ccc(F)cc1. The molecule has 2 aromatic rings. The van der Waals surface area contributed by atoms with Gasteiger partial charge >= 0.3 is 6.18 Å². The van der Waals surface area contributed by atoms with Crippen LogP contribution in [0.1, 0.15) is 18.9 Å². The second kappa shape index (κ2) is 8.81. The molecule has 0 radical (unpaired) electrons. The van der Waals surface area contributed by atoms with E-state index < -0.39 is 38.6 Å². The minimum atomic E-state index is -4.47. The number of pyridine rings is 1. The summed E-state index contributed by atoms with van der Waals surface area (Å²) in [6.07, 6.45) is -3.21. The summed E-state index contributed by atoms with van der Waals surface area (Å²) < 4.78 is 76.7. The van der Waals surface area contributed by atoms with E-state index in [1.807, 2.05) is 0 Å². The van der Waals surface area contributed by atoms with Crippen LogP contribution in [0.25, 0.3) is 0 Å². The van der Waals surface area contributed by atoms with E-state index >= 15 is 0 Å². The van der Waals surface area contributed by atoms with Crippen LogP contribution >= 0.6 is 0 Å². The van der Waals surface area contributed by atoms with Gasteiger partial charge in [-0.1, -0.05) is 0 Å². The average Bonchev–Trinajstić information content (AvgIpc) is 2.99. The van der Waals surface area contributed by atoms with E-state index in [-0.39, 0.29) is 11.4 Å². The zero-order chi connectivity index (χ0) is 22.8. The van der Waals surface area contributed by atoms with E-state index in [4.69, 9.17) is 0 Å². The lowest BCUT2D eigenvalue weighted by Gasteiger charge is -2.25. The Morgan fingerprint density at radius 3 is 2.29 bits per heavy atom. The second-order valence-corrected chi connectivity index (χ2v) is 9.48. The quantitative estimate of drug-likeness (QED) is 0.519. The Hall–Kier alpha value is -2.69.